The summed E-state index contributed by atoms with van der Waals surface area (Å²) < 4.78 is 46.3. The van der Waals surface area contributed by atoms with Gasteiger partial charge in [-0.25, -0.2) is 4.98 Å². The third-order valence-electron chi connectivity index (χ3n) is 17.7. The lowest BCUT2D eigenvalue weighted by molar-refractivity contribution is 0.483. The molecule has 0 saturated heterocycles. The third-order valence-corrected chi connectivity index (χ3v) is 17.7. The number of hydrogen-bond acceptors (Lipinski definition) is 6. The van der Waals surface area contributed by atoms with Crippen molar-refractivity contribution < 1.29 is 10.2 Å². The molecule has 2 aromatic heterocycles. The lowest BCUT2D eigenvalue weighted by Crippen LogP contribution is -2.26. The van der Waals surface area contributed by atoms with Gasteiger partial charge < -0.3 is 25.2 Å². The summed E-state index contributed by atoms with van der Waals surface area (Å²) in [6.07, 6.45) is 26.2. The Hall–Kier alpha value is -10.2. The summed E-state index contributed by atoms with van der Waals surface area (Å²) in [6.45, 7) is 18.5. The number of anilines is 4. The van der Waals surface area contributed by atoms with Crippen LogP contribution in [-0.2, 0) is 10.8 Å². The van der Waals surface area contributed by atoms with Crippen LogP contribution >= 0.6 is 0 Å². The Morgan fingerprint density at radius 3 is 1.74 bits per heavy atom. The summed E-state index contributed by atoms with van der Waals surface area (Å²) in [7, 11) is 4.41. The van der Waals surface area contributed by atoms with Gasteiger partial charge in [0.2, 0.25) is 0 Å². The molecule has 2 radical (unpaired) electrons. The zero-order valence-electron chi connectivity index (χ0n) is 57.0. The number of pyridine rings is 1. The van der Waals surface area contributed by atoms with Crippen molar-refractivity contribution in [1.82, 2.24) is 20.2 Å². The second kappa shape index (κ2) is 25.7. The van der Waals surface area contributed by atoms with E-state index in [9.17, 15) is 2.74 Å². The van der Waals surface area contributed by atoms with Gasteiger partial charge in [0.25, 0.3) is 0 Å². The van der Waals surface area contributed by atoms with E-state index >= 15 is 0 Å². The molecule has 7 nitrogen and oxygen atoms in total. The highest BCUT2D eigenvalue weighted by molar-refractivity contribution is 6.67. The number of ether oxygens (including phenoxy) is 1. The number of fused-ring (bicyclic) bond motifs is 4. The largest absolute Gasteiger partial charge is 0.457 e. The Kier molecular flexibility index (Phi) is 15.5. The fourth-order valence-corrected chi connectivity index (χ4v) is 12.9. The molecule has 91 heavy (non-hydrogen) atoms. The van der Waals surface area contributed by atoms with E-state index in [4.69, 9.17) is 12.5 Å². The van der Waals surface area contributed by atoms with Crippen LogP contribution in [0.4, 0.5) is 22.7 Å². The molecule has 2 N–H and O–H groups in total. The first-order chi connectivity index (χ1) is 46.0. The summed E-state index contributed by atoms with van der Waals surface area (Å²) in [4.78, 5) is 9.93. The van der Waals surface area contributed by atoms with E-state index in [1.54, 1.807) is 6.20 Å². The number of nitrogens with zero attached hydrogens (tertiary/aromatic N) is 4. The van der Waals surface area contributed by atoms with Crippen molar-refractivity contribution in [2.75, 3.05) is 16.5 Å². The second-order valence-electron chi connectivity index (χ2n) is 25.2. The summed E-state index contributed by atoms with van der Waals surface area (Å²) >= 11 is 0. The van der Waals surface area contributed by atoms with Crippen molar-refractivity contribution >= 4 is 70.1 Å². The first-order valence-corrected chi connectivity index (χ1v) is 31.5. The van der Waals surface area contributed by atoms with E-state index in [1.165, 1.54) is 22.3 Å². The van der Waals surface area contributed by atoms with Gasteiger partial charge >= 0.3 is 0 Å². The molecule has 3 aliphatic rings. The van der Waals surface area contributed by atoms with Crippen molar-refractivity contribution in [2.24, 2.45) is 0 Å². The van der Waals surface area contributed by atoms with Crippen LogP contribution in [0.3, 0.4) is 0 Å². The van der Waals surface area contributed by atoms with Crippen LogP contribution in [0, 0.1) is 0 Å². The van der Waals surface area contributed by atoms with Crippen molar-refractivity contribution in [3.05, 3.63) is 324 Å². The minimum atomic E-state index is -0.629. The molecule has 9 heteroatoms. The van der Waals surface area contributed by atoms with Gasteiger partial charge in [0.1, 0.15) is 24.0 Å². The van der Waals surface area contributed by atoms with Gasteiger partial charge in [-0.1, -0.05) is 193 Å². The number of nitrogens with one attached hydrogen (secondary N) is 2. The first-order valence-electron chi connectivity index (χ1n) is 33.5. The highest BCUT2D eigenvalue weighted by Gasteiger charge is 2.35. The summed E-state index contributed by atoms with van der Waals surface area (Å²) in [5, 5.41) is 7.62. The molecule has 0 unspecified atom stereocenters. The molecule has 3 aliphatic heterocycles. The Bertz CT molecular complexity index is 4720. The average molecular weight is 1190 g/mol. The molecule has 0 atom stereocenters. The fourth-order valence-electron chi connectivity index (χ4n) is 12.9. The quantitative estimate of drug-likeness (QED) is 0.112. The molecule has 0 saturated carbocycles. The molecule has 0 spiro atoms. The minimum absolute atomic E-state index is 0.123. The number of para-hydroxylation sites is 3. The SMILES string of the molecule is [2H]c1c([2H])c([2H])c2c(c1[2H])c1ccc(Oc3cc(-c4c(C(C)C)cccc4C(C)C)cc(N4CN(c5c(/C6=C/C=C\N/C=C\C=C/[B]6)cc(C(C)(C)C)cc5/C5=C/C=C\N/C=C\C=C/[B]5)c5ccccc54)c3)cc1n2-c1cc(C(C)(c2ccccc2)c2ccccc2)ccn1. The molecule has 13 rings (SSSR count). The van der Waals surface area contributed by atoms with Crippen LogP contribution in [0.15, 0.2) is 280 Å². The van der Waals surface area contributed by atoms with E-state index in [1.807, 2.05) is 77.9 Å². The van der Waals surface area contributed by atoms with Crippen LogP contribution in [0.25, 0.3) is 49.7 Å². The number of hydrogen-bond donors (Lipinski definition) is 2. The maximum atomic E-state index is 9.57. The summed E-state index contributed by atoms with van der Waals surface area (Å²) in [5.41, 5.74) is 17.4. The normalized spacial score (nSPS) is 18.1. The third kappa shape index (κ3) is 12.0. The molecule has 5 heterocycles. The zero-order chi connectivity index (χ0) is 66.1. The molecule has 0 bridgehead atoms. The fraction of sp³-hybridized carbons (Fsp3) is 0.159. The van der Waals surface area contributed by atoms with Crippen molar-refractivity contribution in [3.63, 3.8) is 0 Å². The van der Waals surface area contributed by atoms with Gasteiger partial charge in [-0.15, -0.1) is 12.0 Å². The Morgan fingerprint density at radius 2 is 1.12 bits per heavy atom. The number of aromatic nitrogens is 2. The zero-order valence-corrected chi connectivity index (χ0v) is 53.0. The molecule has 446 valence electrons. The molecule has 8 aromatic carbocycles. The summed E-state index contributed by atoms with van der Waals surface area (Å²) in [6, 6.07) is 56.6. The Morgan fingerprint density at radius 1 is 0.527 bits per heavy atom. The average Bonchev–Trinajstić information content (AvgIpc) is 1.60. The van der Waals surface area contributed by atoms with Gasteiger partial charge in [0.15, 0.2) is 14.6 Å². The lowest BCUT2D eigenvalue weighted by Gasteiger charge is -2.32. The monoisotopic (exact) mass is 1190 g/mol. The second-order valence-corrected chi connectivity index (χ2v) is 25.2. The van der Waals surface area contributed by atoms with Gasteiger partial charge in [-0.05, 0) is 171 Å². The van der Waals surface area contributed by atoms with E-state index in [0.29, 0.717) is 45.8 Å². The Balaban J connectivity index is 1.01. The number of rotatable bonds is 13. The van der Waals surface area contributed by atoms with Gasteiger partial charge in [-0.3, -0.25) is 4.57 Å². The molecule has 0 aliphatic carbocycles. The Labute approximate surface area is 544 Å². The smallest absolute Gasteiger partial charge is 0.182 e. The van der Waals surface area contributed by atoms with Crippen LogP contribution in [-0.4, -0.2) is 30.8 Å². The topological polar surface area (TPSA) is 57.6 Å². The maximum Gasteiger partial charge on any atom is 0.182 e. The molecule has 0 amide bonds. The highest BCUT2D eigenvalue weighted by Crippen LogP contribution is 2.52. The van der Waals surface area contributed by atoms with Crippen LogP contribution < -0.4 is 25.2 Å². The number of allylic oxidation sites excluding steroid dienone is 8. The van der Waals surface area contributed by atoms with Crippen LogP contribution in [0.5, 0.6) is 11.5 Å². The molecular formula is C82H76B2N6O. The molecular weight excluding hydrogens is 1110 g/mol. The van der Waals surface area contributed by atoms with E-state index in [2.05, 4.69) is 266 Å². The van der Waals surface area contributed by atoms with Crippen molar-refractivity contribution in [1.29, 1.82) is 0 Å². The van der Waals surface area contributed by atoms with E-state index in [-0.39, 0.29) is 41.4 Å². The number of benzene rings is 8. The predicted octanol–water partition coefficient (Wildman–Crippen LogP) is 20.2. The van der Waals surface area contributed by atoms with Crippen LogP contribution in [0.2, 0.25) is 0 Å². The minimum Gasteiger partial charge on any atom is -0.457 e. The van der Waals surface area contributed by atoms with Gasteiger partial charge in [0, 0.05) is 65.0 Å². The molecule has 0 fully saturated rings. The van der Waals surface area contributed by atoms with Crippen LogP contribution in [0.1, 0.15) is 117 Å². The standard InChI is InChI=1S/C82H76B2N6O/c1-56(2)66-31-23-32-67(57(3)4)79(66)58-48-63(53-65(49-58)91-64-38-39-69-68-30-15-16-35-74(68)90(77(69)54-64)78-52-61(40-47-87-78)82(8,59-26-11-9-12-27-59)60-28-13-10-14-29-60)88-55-89(76-37-18-17-36-75(76)88)80-70(72-33-24-45-85-43-21-19-41-83-72)50-62(81(5,6)7)51-71(80)73-34-25-46-86-44-22-20-42-84-73/h9-54,56-57,85-86H,55H2,1-8H3/b41-19-,42-20-,43-21-,44-22-,45-24-,46-25-,72-33-,73-34-/i15D,16D,30D,35D. The van der Waals surface area contributed by atoms with E-state index in [0.717, 1.165) is 67.1 Å². The summed E-state index contributed by atoms with van der Waals surface area (Å²) in [5.74, 6) is 6.24. The van der Waals surface area contributed by atoms with E-state index < -0.39 is 5.41 Å². The molecule has 10 aromatic rings. The highest BCUT2D eigenvalue weighted by atomic mass is 16.5. The van der Waals surface area contributed by atoms with Crippen molar-refractivity contribution in [2.45, 2.75) is 78.1 Å². The predicted molar refractivity (Wildman–Crippen MR) is 386 cm³/mol. The maximum absolute atomic E-state index is 9.57. The lowest BCUT2D eigenvalue weighted by atomic mass is 9.62. The first kappa shape index (κ1) is 54.9. The van der Waals surface area contributed by atoms with Crippen molar-refractivity contribution in [3.8, 4) is 28.4 Å². The van der Waals surface area contributed by atoms with Gasteiger partial charge in [0.05, 0.1) is 33.6 Å². The van der Waals surface area contributed by atoms with Gasteiger partial charge in [-0.2, -0.15) is 0 Å².